The number of hydrogen-bond donors (Lipinski definition) is 1. The molecular weight excluding hydrogens is 214 g/mol. The van der Waals surface area contributed by atoms with Crippen LogP contribution >= 0.6 is 0 Å². The van der Waals surface area contributed by atoms with Crippen molar-refractivity contribution in [2.45, 2.75) is 32.4 Å². The topological polar surface area (TPSA) is 45.2 Å². The maximum Gasteiger partial charge on any atom is 0.222 e. The molecule has 1 aliphatic rings. The average molecular weight is 233 g/mol. The van der Waals surface area contributed by atoms with Gasteiger partial charge in [0.05, 0.1) is 5.69 Å². The van der Waals surface area contributed by atoms with E-state index in [1.165, 1.54) is 0 Å². The van der Waals surface area contributed by atoms with E-state index in [9.17, 15) is 4.79 Å². The van der Waals surface area contributed by atoms with Crippen molar-refractivity contribution < 1.29 is 4.79 Å². The van der Waals surface area contributed by atoms with Crippen LogP contribution in [0.2, 0.25) is 0 Å². The van der Waals surface area contributed by atoms with Gasteiger partial charge < -0.3 is 10.2 Å². The van der Waals surface area contributed by atoms with Crippen LogP contribution in [0.25, 0.3) is 0 Å². The van der Waals surface area contributed by atoms with Gasteiger partial charge in [-0.15, -0.1) is 0 Å². The van der Waals surface area contributed by atoms with E-state index in [0.29, 0.717) is 12.5 Å². The Morgan fingerprint density at radius 3 is 3.06 bits per heavy atom. The molecule has 0 aliphatic carbocycles. The number of hydrogen-bond acceptors (Lipinski definition) is 3. The first-order chi connectivity index (χ1) is 8.25. The van der Waals surface area contributed by atoms with E-state index in [4.69, 9.17) is 0 Å². The zero-order valence-electron chi connectivity index (χ0n) is 10.2. The summed E-state index contributed by atoms with van der Waals surface area (Å²) in [4.78, 5) is 17.7. The van der Waals surface area contributed by atoms with Crippen molar-refractivity contribution in [3.05, 3.63) is 30.1 Å². The monoisotopic (exact) mass is 233 g/mol. The number of carbonyl (C=O) groups excluding carboxylic acids is 1. The standard InChI is InChI=1S/C13H19N3O/c1-11(10-16-8-4-6-13(16)17)15-9-12-5-2-3-7-14-12/h2-3,5,7,11,15H,4,6,8-10H2,1H3. The van der Waals surface area contributed by atoms with Gasteiger partial charge in [-0.25, -0.2) is 0 Å². The van der Waals surface area contributed by atoms with Crippen molar-refractivity contribution in [1.29, 1.82) is 0 Å². The first kappa shape index (κ1) is 12.0. The second-order valence-corrected chi connectivity index (χ2v) is 4.55. The summed E-state index contributed by atoms with van der Waals surface area (Å²) in [6.45, 7) is 4.57. The Morgan fingerprint density at radius 2 is 2.41 bits per heavy atom. The van der Waals surface area contributed by atoms with Gasteiger partial charge in [-0.1, -0.05) is 6.07 Å². The second-order valence-electron chi connectivity index (χ2n) is 4.55. The van der Waals surface area contributed by atoms with Crippen molar-refractivity contribution in [1.82, 2.24) is 15.2 Å². The number of nitrogens with zero attached hydrogens (tertiary/aromatic N) is 2. The van der Waals surface area contributed by atoms with Gasteiger partial charge in [-0.05, 0) is 25.5 Å². The molecule has 1 aromatic heterocycles. The molecule has 17 heavy (non-hydrogen) atoms. The predicted molar refractivity (Wildman–Crippen MR) is 66.4 cm³/mol. The van der Waals surface area contributed by atoms with Gasteiger partial charge in [0, 0.05) is 38.3 Å². The van der Waals surface area contributed by atoms with Crippen LogP contribution in [0.15, 0.2) is 24.4 Å². The molecule has 1 N–H and O–H groups in total. The van der Waals surface area contributed by atoms with E-state index >= 15 is 0 Å². The third-order valence-electron chi connectivity index (χ3n) is 3.02. The number of likely N-dealkylation sites (tertiary alicyclic amines) is 1. The fourth-order valence-electron chi connectivity index (χ4n) is 2.07. The minimum atomic E-state index is 0.288. The van der Waals surface area contributed by atoms with Crippen LogP contribution in [0.4, 0.5) is 0 Å². The summed E-state index contributed by atoms with van der Waals surface area (Å²) >= 11 is 0. The number of amides is 1. The Morgan fingerprint density at radius 1 is 1.53 bits per heavy atom. The second kappa shape index (κ2) is 5.77. The molecule has 1 aliphatic heterocycles. The minimum Gasteiger partial charge on any atom is -0.341 e. The van der Waals surface area contributed by atoms with Gasteiger partial charge in [0.15, 0.2) is 0 Å². The van der Waals surface area contributed by atoms with Crippen LogP contribution in [-0.2, 0) is 11.3 Å². The van der Waals surface area contributed by atoms with Gasteiger partial charge in [0.1, 0.15) is 0 Å². The molecule has 1 atom stereocenters. The number of rotatable bonds is 5. The Bertz CT molecular complexity index is 366. The number of nitrogens with one attached hydrogen (secondary N) is 1. The first-order valence-electron chi connectivity index (χ1n) is 6.17. The molecule has 1 unspecified atom stereocenters. The molecule has 1 aromatic rings. The highest BCUT2D eigenvalue weighted by Gasteiger charge is 2.21. The van der Waals surface area contributed by atoms with Gasteiger partial charge in [-0.3, -0.25) is 9.78 Å². The molecule has 4 heteroatoms. The summed E-state index contributed by atoms with van der Waals surface area (Å²) in [6, 6.07) is 6.20. The van der Waals surface area contributed by atoms with Gasteiger partial charge in [0.2, 0.25) is 5.91 Å². The normalized spacial score (nSPS) is 17.5. The summed E-state index contributed by atoms with van der Waals surface area (Å²) < 4.78 is 0. The lowest BCUT2D eigenvalue weighted by Crippen LogP contribution is -2.39. The van der Waals surface area contributed by atoms with Crippen molar-refractivity contribution in [2.75, 3.05) is 13.1 Å². The Balaban J connectivity index is 1.74. The molecule has 4 nitrogen and oxygen atoms in total. The molecule has 2 heterocycles. The third kappa shape index (κ3) is 3.53. The lowest BCUT2D eigenvalue weighted by Gasteiger charge is -2.21. The highest BCUT2D eigenvalue weighted by atomic mass is 16.2. The number of pyridine rings is 1. The molecule has 0 aromatic carbocycles. The van der Waals surface area contributed by atoms with Crippen LogP contribution in [0.5, 0.6) is 0 Å². The van der Waals surface area contributed by atoms with Crippen LogP contribution in [0, 0.1) is 0 Å². The summed E-state index contributed by atoms with van der Waals surface area (Å²) in [5.74, 6) is 0.288. The SMILES string of the molecule is CC(CN1CCCC1=O)NCc1ccccn1. The number of aromatic nitrogens is 1. The average Bonchev–Trinajstić information content (AvgIpc) is 2.74. The summed E-state index contributed by atoms with van der Waals surface area (Å²) in [6.07, 6.45) is 3.52. The summed E-state index contributed by atoms with van der Waals surface area (Å²) in [7, 11) is 0. The minimum absolute atomic E-state index is 0.288. The van der Waals surface area contributed by atoms with E-state index in [1.54, 1.807) is 6.20 Å². The van der Waals surface area contributed by atoms with E-state index in [0.717, 1.165) is 31.7 Å². The van der Waals surface area contributed by atoms with Crippen molar-refractivity contribution in [3.8, 4) is 0 Å². The quantitative estimate of drug-likeness (QED) is 0.830. The largest absolute Gasteiger partial charge is 0.341 e. The van der Waals surface area contributed by atoms with Crippen molar-refractivity contribution in [3.63, 3.8) is 0 Å². The Labute approximate surface area is 102 Å². The van der Waals surface area contributed by atoms with E-state index in [2.05, 4.69) is 17.2 Å². The van der Waals surface area contributed by atoms with Crippen LogP contribution < -0.4 is 5.32 Å². The van der Waals surface area contributed by atoms with E-state index < -0.39 is 0 Å². The maximum atomic E-state index is 11.5. The predicted octanol–water partition coefficient (Wildman–Crippen LogP) is 1.18. The van der Waals surface area contributed by atoms with Crippen LogP contribution in [-0.4, -0.2) is 34.9 Å². The molecule has 0 spiro atoms. The maximum absolute atomic E-state index is 11.5. The highest BCUT2D eigenvalue weighted by molar-refractivity contribution is 5.78. The highest BCUT2D eigenvalue weighted by Crippen LogP contribution is 2.09. The van der Waals surface area contributed by atoms with E-state index in [1.807, 2.05) is 23.1 Å². The zero-order valence-corrected chi connectivity index (χ0v) is 10.2. The van der Waals surface area contributed by atoms with Crippen LogP contribution in [0.1, 0.15) is 25.5 Å². The van der Waals surface area contributed by atoms with Crippen LogP contribution in [0.3, 0.4) is 0 Å². The Hall–Kier alpha value is -1.42. The lowest BCUT2D eigenvalue weighted by atomic mass is 10.3. The molecule has 92 valence electrons. The number of carbonyl (C=O) groups is 1. The first-order valence-corrected chi connectivity index (χ1v) is 6.17. The Kier molecular flexibility index (Phi) is 4.09. The molecular formula is C13H19N3O. The fraction of sp³-hybridized carbons (Fsp3) is 0.538. The van der Waals surface area contributed by atoms with Crippen molar-refractivity contribution >= 4 is 5.91 Å². The van der Waals surface area contributed by atoms with Crippen molar-refractivity contribution in [2.24, 2.45) is 0 Å². The molecule has 1 saturated heterocycles. The smallest absolute Gasteiger partial charge is 0.222 e. The molecule has 1 fully saturated rings. The molecule has 0 radical (unpaired) electrons. The summed E-state index contributed by atoms with van der Waals surface area (Å²) in [5, 5.41) is 3.39. The lowest BCUT2D eigenvalue weighted by molar-refractivity contribution is -0.127. The third-order valence-corrected chi connectivity index (χ3v) is 3.02. The van der Waals surface area contributed by atoms with E-state index in [-0.39, 0.29) is 5.91 Å². The van der Waals surface area contributed by atoms with Gasteiger partial charge in [0.25, 0.3) is 0 Å². The van der Waals surface area contributed by atoms with Gasteiger partial charge in [-0.2, -0.15) is 0 Å². The zero-order chi connectivity index (χ0) is 12.1. The molecule has 1 amide bonds. The summed E-state index contributed by atoms with van der Waals surface area (Å²) in [5.41, 5.74) is 1.03. The van der Waals surface area contributed by atoms with Gasteiger partial charge >= 0.3 is 0 Å². The molecule has 0 saturated carbocycles. The molecule has 2 rings (SSSR count). The molecule has 0 bridgehead atoms. The fourth-order valence-corrected chi connectivity index (χ4v) is 2.07.